The van der Waals surface area contributed by atoms with Crippen molar-refractivity contribution < 1.29 is 9.18 Å². The smallest absolute Gasteiger partial charge is 0.247 e. The molecule has 2 fully saturated rings. The molecule has 30 heavy (non-hydrogen) atoms. The Bertz CT molecular complexity index is 832. The number of hydrogen-bond acceptors (Lipinski definition) is 5. The van der Waals surface area contributed by atoms with Gasteiger partial charge in [0.15, 0.2) is 0 Å². The molecule has 0 bridgehead atoms. The Morgan fingerprint density at radius 3 is 2.73 bits per heavy atom. The normalized spacial score (nSPS) is 33.8. The van der Waals surface area contributed by atoms with Crippen molar-refractivity contribution >= 4 is 11.6 Å². The summed E-state index contributed by atoms with van der Waals surface area (Å²) in [6, 6.07) is 3.29. The number of hydrogen-bond donors (Lipinski definition) is 4. The zero-order chi connectivity index (χ0) is 20.9. The number of carbonyl (C=O) groups excluding carboxylic acids is 1. The average Bonchev–Trinajstić information content (AvgIpc) is 3.31. The minimum absolute atomic E-state index is 0.0461. The average molecular weight is 414 g/mol. The van der Waals surface area contributed by atoms with Gasteiger partial charge in [0.05, 0.1) is 12.3 Å². The highest BCUT2D eigenvalue weighted by atomic mass is 19.1. The molecule has 1 aromatic carbocycles. The van der Waals surface area contributed by atoms with Crippen molar-refractivity contribution in [3.05, 3.63) is 41.2 Å². The van der Waals surface area contributed by atoms with Crippen LogP contribution in [0.25, 0.3) is 0 Å². The van der Waals surface area contributed by atoms with Crippen molar-refractivity contribution in [2.75, 3.05) is 32.0 Å². The molecule has 1 amide bonds. The Hall–Kier alpha value is -1.96. The molecule has 0 spiro atoms. The van der Waals surface area contributed by atoms with E-state index in [1.807, 2.05) is 6.92 Å². The number of piperidine rings is 1. The number of aryl methyl sites for hydroxylation is 1. The van der Waals surface area contributed by atoms with Crippen LogP contribution < -0.4 is 21.3 Å². The Kier molecular flexibility index (Phi) is 5.08. The lowest BCUT2D eigenvalue weighted by molar-refractivity contribution is -0.127. The number of allylic oxidation sites excluding steroid dienone is 1. The fraction of sp³-hybridized carbons (Fsp3) is 0.609. The molecule has 1 aromatic rings. The lowest BCUT2D eigenvalue weighted by Crippen LogP contribution is -2.61. The van der Waals surface area contributed by atoms with Gasteiger partial charge in [-0.25, -0.2) is 4.39 Å². The van der Waals surface area contributed by atoms with Gasteiger partial charge >= 0.3 is 0 Å². The van der Waals surface area contributed by atoms with Crippen LogP contribution in [0.5, 0.6) is 0 Å². The van der Waals surface area contributed by atoms with Crippen LogP contribution in [0.2, 0.25) is 0 Å². The number of amides is 1. The maximum absolute atomic E-state index is 14.5. The summed E-state index contributed by atoms with van der Waals surface area (Å²) in [4.78, 5) is 15.9. The molecule has 3 aliphatic heterocycles. The molecule has 1 aliphatic carbocycles. The predicted octanol–water partition coefficient (Wildman–Crippen LogP) is 1.72. The van der Waals surface area contributed by atoms with Gasteiger partial charge in [-0.1, -0.05) is 18.2 Å². The van der Waals surface area contributed by atoms with Crippen LogP contribution in [0.4, 0.5) is 10.1 Å². The Labute approximate surface area is 177 Å². The summed E-state index contributed by atoms with van der Waals surface area (Å²) in [6.07, 6.45) is 7.82. The van der Waals surface area contributed by atoms with Gasteiger partial charge in [0.25, 0.3) is 0 Å². The lowest BCUT2D eigenvalue weighted by atomic mass is 9.74. The van der Waals surface area contributed by atoms with Crippen LogP contribution in [0.15, 0.2) is 24.3 Å². The quantitative estimate of drug-likeness (QED) is 0.566. The van der Waals surface area contributed by atoms with Crippen LogP contribution in [0.3, 0.4) is 0 Å². The highest BCUT2D eigenvalue weighted by Gasteiger charge is 2.51. The van der Waals surface area contributed by atoms with Gasteiger partial charge in [-0.3, -0.25) is 15.4 Å². The number of nitrogens with one attached hydrogen (secondary N) is 4. The molecule has 3 heterocycles. The first-order valence-electron chi connectivity index (χ1n) is 11.2. The van der Waals surface area contributed by atoms with Gasteiger partial charge in [-0.05, 0) is 63.9 Å². The summed E-state index contributed by atoms with van der Waals surface area (Å²) >= 11 is 0. The number of rotatable bonds is 4. The maximum Gasteiger partial charge on any atom is 0.247 e. The van der Waals surface area contributed by atoms with Gasteiger partial charge < -0.3 is 15.5 Å². The second-order valence-corrected chi connectivity index (χ2v) is 9.48. The number of likely N-dealkylation sites (tertiary alicyclic amines) is 1. The van der Waals surface area contributed by atoms with Crippen molar-refractivity contribution in [2.24, 2.45) is 11.8 Å². The SMILES string of the molecule is Cc1ccc(F)c2c1NC(C(=O)NC1CNC(C3CCN(C)CC3)N1)(C1C=CC1)C2. The predicted molar refractivity (Wildman–Crippen MR) is 116 cm³/mol. The first-order chi connectivity index (χ1) is 14.5. The van der Waals surface area contributed by atoms with Crippen molar-refractivity contribution in [1.82, 2.24) is 20.9 Å². The second-order valence-electron chi connectivity index (χ2n) is 9.48. The number of halogens is 1. The molecule has 4 unspecified atom stereocenters. The number of anilines is 1. The van der Waals surface area contributed by atoms with E-state index in [1.165, 1.54) is 6.07 Å². The van der Waals surface area contributed by atoms with Gasteiger partial charge in [0, 0.05) is 30.1 Å². The van der Waals surface area contributed by atoms with E-state index in [1.54, 1.807) is 6.07 Å². The van der Waals surface area contributed by atoms with Gasteiger partial charge in [0.1, 0.15) is 11.4 Å². The van der Waals surface area contributed by atoms with Crippen LogP contribution in [-0.4, -0.2) is 55.4 Å². The van der Waals surface area contributed by atoms with Crippen molar-refractivity contribution in [3.63, 3.8) is 0 Å². The molecule has 0 radical (unpaired) electrons. The fourth-order valence-corrected chi connectivity index (χ4v) is 5.42. The van der Waals surface area contributed by atoms with Crippen molar-refractivity contribution in [2.45, 2.75) is 50.5 Å². The van der Waals surface area contributed by atoms with Crippen molar-refractivity contribution in [1.29, 1.82) is 0 Å². The number of fused-ring (bicyclic) bond motifs is 1. The highest BCUT2D eigenvalue weighted by molar-refractivity contribution is 5.94. The summed E-state index contributed by atoms with van der Waals surface area (Å²) in [5, 5.41) is 13.8. The fourth-order valence-electron chi connectivity index (χ4n) is 5.42. The largest absolute Gasteiger partial charge is 0.370 e. The molecule has 4 aliphatic rings. The number of carbonyl (C=O) groups is 1. The molecule has 5 rings (SSSR count). The van der Waals surface area contributed by atoms with Crippen LogP contribution in [0.1, 0.15) is 30.4 Å². The zero-order valence-electron chi connectivity index (χ0n) is 17.8. The van der Waals surface area contributed by atoms with E-state index in [2.05, 4.69) is 45.4 Å². The highest BCUT2D eigenvalue weighted by Crippen LogP contribution is 2.44. The van der Waals surface area contributed by atoms with E-state index in [9.17, 15) is 9.18 Å². The van der Waals surface area contributed by atoms with E-state index in [4.69, 9.17) is 0 Å². The Morgan fingerprint density at radius 2 is 2.07 bits per heavy atom. The van der Waals surface area contributed by atoms with Gasteiger partial charge in [0.2, 0.25) is 5.91 Å². The van der Waals surface area contributed by atoms with Crippen LogP contribution in [0, 0.1) is 24.6 Å². The molecule has 6 nitrogen and oxygen atoms in total. The molecule has 4 atom stereocenters. The number of nitrogens with zero attached hydrogens (tertiary/aromatic N) is 1. The second kappa shape index (κ2) is 7.62. The zero-order valence-corrected chi connectivity index (χ0v) is 17.8. The molecular weight excluding hydrogens is 381 g/mol. The first kappa shape index (κ1) is 20.0. The van der Waals surface area contributed by atoms with Gasteiger partial charge in [-0.15, -0.1) is 0 Å². The van der Waals surface area contributed by atoms with Gasteiger partial charge in [-0.2, -0.15) is 0 Å². The summed E-state index contributed by atoms with van der Waals surface area (Å²) in [5.41, 5.74) is 1.57. The third-order valence-corrected chi connectivity index (χ3v) is 7.53. The monoisotopic (exact) mass is 413 g/mol. The van der Waals surface area contributed by atoms with E-state index < -0.39 is 5.54 Å². The Morgan fingerprint density at radius 1 is 1.30 bits per heavy atom. The first-order valence-corrected chi connectivity index (χ1v) is 11.2. The molecule has 162 valence electrons. The van der Waals surface area contributed by atoms with E-state index in [-0.39, 0.29) is 30.0 Å². The molecule has 2 saturated heterocycles. The summed E-state index contributed by atoms with van der Waals surface area (Å²) in [5.74, 6) is 0.374. The Balaban J connectivity index is 1.29. The summed E-state index contributed by atoms with van der Waals surface area (Å²) < 4.78 is 14.5. The van der Waals surface area contributed by atoms with E-state index >= 15 is 0 Å². The summed E-state index contributed by atoms with van der Waals surface area (Å²) in [6.45, 7) is 4.90. The molecule has 4 N–H and O–H groups in total. The number of benzene rings is 1. The molecule has 7 heteroatoms. The minimum Gasteiger partial charge on any atom is -0.370 e. The van der Waals surface area contributed by atoms with E-state index in [0.717, 1.165) is 43.6 Å². The maximum atomic E-state index is 14.5. The molecule has 0 aromatic heterocycles. The van der Waals surface area contributed by atoms with Crippen LogP contribution in [-0.2, 0) is 11.2 Å². The van der Waals surface area contributed by atoms with Crippen molar-refractivity contribution in [3.8, 4) is 0 Å². The third kappa shape index (κ3) is 3.33. The minimum atomic E-state index is -0.822. The van der Waals surface area contributed by atoms with E-state index in [0.29, 0.717) is 24.4 Å². The van der Waals surface area contributed by atoms with Crippen LogP contribution >= 0.6 is 0 Å². The summed E-state index contributed by atoms with van der Waals surface area (Å²) in [7, 11) is 2.17. The standard InChI is InChI=1S/C23H32FN5O/c1-14-6-7-18(24)17-12-23(28-20(14)17,16-4-3-5-16)22(30)27-19-13-25-21(26-19)15-8-10-29(2)11-9-15/h3-4,6-7,15-16,19,21,25-26,28H,5,8-13H2,1-2H3,(H,27,30). The molecular formula is C23H32FN5O. The lowest BCUT2D eigenvalue weighted by Gasteiger charge is -2.39. The molecule has 0 saturated carbocycles. The topological polar surface area (TPSA) is 68.4 Å². The third-order valence-electron chi connectivity index (χ3n) is 7.53.